The molecule has 0 radical (unpaired) electrons. The summed E-state index contributed by atoms with van der Waals surface area (Å²) in [5.74, 6) is 0.211. The molecule has 1 unspecified atom stereocenters. The van der Waals surface area contributed by atoms with Gasteiger partial charge in [-0.25, -0.2) is 0 Å². The van der Waals surface area contributed by atoms with Gasteiger partial charge < -0.3 is 19.6 Å². The fourth-order valence-electron chi connectivity index (χ4n) is 3.02. The molecule has 1 amide bonds. The standard InChI is InChI=1S/C20H17NO5/c22-15-10-19(26-18-4-2-1-3-14(15)18)20(24)21-11-16(23)12-5-6-17-13(9-12)7-8-25-17/h1-6,9-10,16,23H,7-8,11H2,(H,21,24). The summed E-state index contributed by atoms with van der Waals surface area (Å²) in [4.78, 5) is 24.4. The maximum Gasteiger partial charge on any atom is 0.287 e. The molecule has 26 heavy (non-hydrogen) atoms. The van der Waals surface area contributed by atoms with Crippen molar-refractivity contribution < 1.29 is 19.1 Å². The molecule has 1 atom stereocenters. The largest absolute Gasteiger partial charge is 0.493 e. The van der Waals surface area contributed by atoms with Crippen LogP contribution >= 0.6 is 0 Å². The van der Waals surface area contributed by atoms with E-state index in [1.807, 2.05) is 12.1 Å². The molecule has 0 saturated carbocycles. The van der Waals surface area contributed by atoms with Gasteiger partial charge in [-0.15, -0.1) is 0 Å². The minimum atomic E-state index is -0.864. The second-order valence-corrected chi connectivity index (χ2v) is 6.16. The molecular weight excluding hydrogens is 334 g/mol. The zero-order valence-electron chi connectivity index (χ0n) is 13.9. The number of aliphatic hydroxyl groups is 1. The number of benzene rings is 2. The Bertz CT molecular complexity index is 1040. The number of nitrogens with one attached hydrogen (secondary N) is 1. The number of para-hydroxylation sites is 1. The molecular formula is C20H17NO5. The summed E-state index contributed by atoms with van der Waals surface area (Å²) in [6.45, 7) is 0.654. The minimum absolute atomic E-state index is 0.00894. The molecule has 2 N–H and O–H groups in total. The van der Waals surface area contributed by atoms with Gasteiger partial charge in [-0.2, -0.15) is 0 Å². The van der Waals surface area contributed by atoms with Crippen LogP contribution in [0, 0.1) is 0 Å². The third kappa shape index (κ3) is 3.07. The van der Waals surface area contributed by atoms with Crippen molar-refractivity contribution in [1.82, 2.24) is 5.32 Å². The van der Waals surface area contributed by atoms with Crippen molar-refractivity contribution >= 4 is 16.9 Å². The maximum absolute atomic E-state index is 12.3. The number of aliphatic hydroxyl groups excluding tert-OH is 1. The van der Waals surface area contributed by atoms with Crippen molar-refractivity contribution in [2.75, 3.05) is 13.2 Å². The van der Waals surface area contributed by atoms with Crippen LogP contribution in [-0.2, 0) is 6.42 Å². The third-order valence-corrected chi connectivity index (χ3v) is 4.41. The number of hydrogen-bond acceptors (Lipinski definition) is 5. The lowest BCUT2D eigenvalue weighted by Gasteiger charge is -2.13. The van der Waals surface area contributed by atoms with Crippen LogP contribution in [-0.4, -0.2) is 24.2 Å². The first-order chi connectivity index (χ1) is 12.6. The predicted molar refractivity (Wildman–Crippen MR) is 95.4 cm³/mol. The molecule has 2 aromatic carbocycles. The van der Waals surface area contributed by atoms with Crippen molar-refractivity contribution in [3.63, 3.8) is 0 Å². The molecule has 4 rings (SSSR count). The molecule has 6 heteroatoms. The molecule has 1 aliphatic rings. The van der Waals surface area contributed by atoms with Gasteiger partial charge in [0.05, 0.1) is 18.1 Å². The van der Waals surface area contributed by atoms with Crippen molar-refractivity contribution in [2.24, 2.45) is 0 Å². The van der Waals surface area contributed by atoms with Gasteiger partial charge in [-0.1, -0.05) is 18.2 Å². The van der Waals surface area contributed by atoms with E-state index in [2.05, 4.69) is 5.32 Å². The summed E-state index contributed by atoms with van der Waals surface area (Å²) in [7, 11) is 0. The van der Waals surface area contributed by atoms with E-state index in [1.54, 1.807) is 30.3 Å². The van der Waals surface area contributed by atoms with Gasteiger partial charge in [0.1, 0.15) is 11.3 Å². The van der Waals surface area contributed by atoms with Gasteiger partial charge >= 0.3 is 0 Å². The van der Waals surface area contributed by atoms with E-state index < -0.39 is 12.0 Å². The summed E-state index contributed by atoms with van der Waals surface area (Å²) < 4.78 is 10.9. The molecule has 0 saturated heterocycles. The predicted octanol–water partition coefficient (Wildman–Crippen LogP) is 2.19. The smallest absolute Gasteiger partial charge is 0.287 e. The SMILES string of the molecule is O=C(NCC(O)c1ccc2c(c1)CCO2)c1cc(=O)c2ccccc2o1. The highest BCUT2D eigenvalue weighted by Gasteiger charge is 2.17. The van der Waals surface area contributed by atoms with Crippen molar-refractivity contribution in [1.29, 1.82) is 0 Å². The van der Waals surface area contributed by atoms with E-state index >= 15 is 0 Å². The van der Waals surface area contributed by atoms with Crippen LogP contribution in [0.5, 0.6) is 5.75 Å². The van der Waals surface area contributed by atoms with Crippen LogP contribution in [0.4, 0.5) is 0 Å². The van der Waals surface area contributed by atoms with Crippen LogP contribution in [0.1, 0.15) is 27.8 Å². The van der Waals surface area contributed by atoms with E-state index in [1.165, 1.54) is 0 Å². The number of rotatable bonds is 4. The van der Waals surface area contributed by atoms with Crippen LogP contribution < -0.4 is 15.5 Å². The molecule has 6 nitrogen and oxygen atoms in total. The van der Waals surface area contributed by atoms with E-state index in [0.29, 0.717) is 23.1 Å². The Hall–Kier alpha value is -3.12. The summed E-state index contributed by atoms with van der Waals surface area (Å²) in [5.41, 5.74) is 1.82. The van der Waals surface area contributed by atoms with E-state index in [9.17, 15) is 14.7 Å². The van der Waals surface area contributed by atoms with E-state index in [4.69, 9.17) is 9.15 Å². The van der Waals surface area contributed by atoms with Crippen LogP contribution in [0.15, 0.2) is 57.7 Å². The Morgan fingerprint density at radius 2 is 2.04 bits per heavy atom. The fourth-order valence-corrected chi connectivity index (χ4v) is 3.02. The minimum Gasteiger partial charge on any atom is -0.493 e. The second kappa shape index (κ2) is 6.65. The number of carbonyl (C=O) groups is 1. The lowest BCUT2D eigenvalue weighted by Crippen LogP contribution is -2.29. The fraction of sp³-hybridized carbons (Fsp3) is 0.200. The van der Waals surface area contributed by atoms with Crippen molar-refractivity contribution in [2.45, 2.75) is 12.5 Å². The van der Waals surface area contributed by atoms with Gasteiger partial charge in [0.2, 0.25) is 0 Å². The zero-order valence-corrected chi connectivity index (χ0v) is 13.9. The van der Waals surface area contributed by atoms with Crippen LogP contribution in [0.2, 0.25) is 0 Å². The average Bonchev–Trinajstić information content (AvgIpc) is 3.13. The summed E-state index contributed by atoms with van der Waals surface area (Å²) in [5, 5.41) is 13.4. The van der Waals surface area contributed by atoms with Gasteiger partial charge in [-0.3, -0.25) is 9.59 Å². The van der Waals surface area contributed by atoms with Crippen molar-refractivity contribution in [3.8, 4) is 5.75 Å². The van der Waals surface area contributed by atoms with Crippen molar-refractivity contribution in [3.05, 3.63) is 75.6 Å². The van der Waals surface area contributed by atoms with Gasteiger partial charge in [0.15, 0.2) is 11.2 Å². The number of fused-ring (bicyclic) bond motifs is 2. The highest BCUT2D eigenvalue weighted by Crippen LogP contribution is 2.28. The van der Waals surface area contributed by atoms with Gasteiger partial charge in [0, 0.05) is 19.0 Å². The zero-order chi connectivity index (χ0) is 18.1. The number of hydrogen-bond donors (Lipinski definition) is 2. The topological polar surface area (TPSA) is 88.8 Å². The maximum atomic E-state index is 12.3. The van der Waals surface area contributed by atoms with Gasteiger partial charge in [-0.05, 0) is 35.4 Å². The molecule has 132 valence electrons. The normalized spacial score (nSPS) is 13.9. The summed E-state index contributed by atoms with van der Waals surface area (Å²) >= 11 is 0. The van der Waals surface area contributed by atoms with Crippen LogP contribution in [0.25, 0.3) is 11.0 Å². The Morgan fingerprint density at radius 1 is 1.19 bits per heavy atom. The lowest BCUT2D eigenvalue weighted by atomic mass is 10.0. The quantitative estimate of drug-likeness (QED) is 0.752. The van der Waals surface area contributed by atoms with Crippen LogP contribution in [0.3, 0.4) is 0 Å². The third-order valence-electron chi connectivity index (χ3n) is 4.41. The van der Waals surface area contributed by atoms with E-state index in [-0.39, 0.29) is 17.7 Å². The first kappa shape index (κ1) is 16.4. The van der Waals surface area contributed by atoms with Gasteiger partial charge in [0.25, 0.3) is 5.91 Å². The monoisotopic (exact) mass is 351 g/mol. The van der Waals surface area contributed by atoms with E-state index in [0.717, 1.165) is 23.8 Å². The molecule has 0 aliphatic carbocycles. The number of ether oxygens (including phenoxy) is 1. The highest BCUT2D eigenvalue weighted by molar-refractivity contribution is 5.93. The Morgan fingerprint density at radius 3 is 2.92 bits per heavy atom. The Labute approximate surface area is 149 Å². The summed E-state index contributed by atoms with van der Waals surface area (Å²) in [6.07, 6.45) is -0.0538. The molecule has 0 spiro atoms. The molecule has 0 fully saturated rings. The molecule has 0 bridgehead atoms. The highest BCUT2D eigenvalue weighted by atomic mass is 16.5. The lowest BCUT2D eigenvalue weighted by molar-refractivity contribution is 0.0889. The Kier molecular flexibility index (Phi) is 4.18. The molecule has 2 heterocycles. The first-order valence-corrected chi connectivity index (χ1v) is 8.36. The first-order valence-electron chi connectivity index (χ1n) is 8.36. The number of carbonyl (C=O) groups excluding carboxylic acids is 1. The molecule has 1 aliphatic heterocycles. The second-order valence-electron chi connectivity index (χ2n) is 6.16. The Balaban J connectivity index is 1.47. The molecule has 1 aromatic heterocycles. The number of amides is 1. The molecule has 3 aromatic rings. The summed E-state index contributed by atoms with van der Waals surface area (Å²) in [6, 6.07) is 13.4. The average molecular weight is 351 g/mol.